The number of halogens is 1. The van der Waals surface area contributed by atoms with Gasteiger partial charge in [0.2, 0.25) is 0 Å². The van der Waals surface area contributed by atoms with Crippen molar-refractivity contribution in [2.75, 3.05) is 11.1 Å². The van der Waals surface area contributed by atoms with E-state index in [1.807, 2.05) is 0 Å². The molecule has 1 heterocycles. The molecule has 0 radical (unpaired) electrons. The average Bonchev–Trinajstić information content (AvgIpc) is 2.32. The fraction of sp³-hybridized carbons (Fsp3) is 0. The Morgan fingerprint density at radius 3 is 2.69 bits per heavy atom. The first kappa shape index (κ1) is 8.07. The Bertz CT molecular complexity index is 428. The molecule has 1 aliphatic rings. The topological polar surface area (TPSA) is 72.2 Å². The minimum atomic E-state index is -0.663. The third kappa shape index (κ3) is 1.07. The molecule has 4 nitrogen and oxygen atoms in total. The number of rotatable bonds is 0. The lowest BCUT2D eigenvalue weighted by molar-refractivity contribution is -0.112. The first-order valence-electron chi connectivity index (χ1n) is 3.54. The van der Waals surface area contributed by atoms with Crippen LogP contribution in [0, 0.1) is 0 Å². The largest absolute Gasteiger partial charge is 0.397 e. The first-order chi connectivity index (χ1) is 6.09. The molecule has 66 valence electrons. The van der Waals surface area contributed by atoms with Gasteiger partial charge < -0.3 is 11.1 Å². The summed E-state index contributed by atoms with van der Waals surface area (Å²) < 4.78 is 0. The second-order valence-corrected chi connectivity index (χ2v) is 3.14. The molecule has 1 aromatic rings. The van der Waals surface area contributed by atoms with Gasteiger partial charge in [0.05, 0.1) is 16.9 Å². The molecule has 0 atom stereocenters. The van der Waals surface area contributed by atoms with E-state index in [4.69, 9.17) is 17.3 Å². The van der Waals surface area contributed by atoms with Crippen LogP contribution in [0.3, 0.4) is 0 Å². The summed E-state index contributed by atoms with van der Waals surface area (Å²) in [7, 11) is 0. The molecule has 3 N–H and O–H groups in total. The van der Waals surface area contributed by atoms with E-state index in [9.17, 15) is 9.59 Å². The van der Waals surface area contributed by atoms with Gasteiger partial charge in [0, 0.05) is 5.02 Å². The molecule has 1 aliphatic heterocycles. The number of carbonyl (C=O) groups excluding carboxylic acids is 2. The summed E-state index contributed by atoms with van der Waals surface area (Å²) in [6, 6.07) is 2.91. The Hall–Kier alpha value is -1.55. The highest BCUT2D eigenvalue weighted by molar-refractivity contribution is 6.52. The Labute approximate surface area is 78.7 Å². The predicted octanol–water partition coefficient (Wildman–Crippen LogP) is 1.06. The summed E-state index contributed by atoms with van der Waals surface area (Å²) in [4.78, 5) is 22.1. The number of amides is 1. The fourth-order valence-electron chi connectivity index (χ4n) is 1.24. The summed E-state index contributed by atoms with van der Waals surface area (Å²) in [6.07, 6.45) is 0. The van der Waals surface area contributed by atoms with Crippen molar-refractivity contribution in [3.05, 3.63) is 22.7 Å². The number of nitrogens with two attached hydrogens (primary N) is 1. The molecule has 0 saturated heterocycles. The van der Waals surface area contributed by atoms with Gasteiger partial charge in [-0.2, -0.15) is 0 Å². The first-order valence-corrected chi connectivity index (χ1v) is 3.92. The van der Waals surface area contributed by atoms with Gasteiger partial charge in [0.25, 0.3) is 11.7 Å². The lowest BCUT2D eigenvalue weighted by Gasteiger charge is -2.01. The maximum Gasteiger partial charge on any atom is 0.296 e. The number of ketones is 1. The maximum absolute atomic E-state index is 11.2. The summed E-state index contributed by atoms with van der Waals surface area (Å²) >= 11 is 5.67. The lowest BCUT2D eigenvalue weighted by atomic mass is 10.1. The van der Waals surface area contributed by atoms with Gasteiger partial charge in [-0.15, -0.1) is 0 Å². The van der Waals surface area contributed by atoms with Gasteiger partial charge in [-0.25, -0.2) is 0 Å². The van der Waals surface area contributed by atoms with Crippen molar-refractivity contribution < 1.29 is 9.59 Å². The Kier molecular flexibility index (Phi) is 1.53. The van der Waals surface area contributed by atoms with Crippen LogP contribution in [0.4, 0.5) is 11.4 Å². The van der Waals surface area contributed by atoms with E-state index < -0.39 is 11.7 Å². The van der Waals surface area contributed by atoms with E-state index in [1.54, 1.807) is 0 Å². The van der Waals surface area contributed by atoms with Crippen LogP contribution in [0.25, 0.3) is 0 Å². The number of anilines is 2. The molecule has 0 aromatic heterocycles. The minimum Gasteiger partial charge on any atom is -0.397 e. The zero-order chi connectivity index (χ0) is 9.59. The number of benzene rings is 1. The molecule has 2 rings (SSSR count). The zero-order valence-corrected chi connectivity index (χ0v) is 7.18. The summed E-state index contributed by atoms with van der Waals surface area (Å²) in [5.41, 5.74) is 6.46. The van der Waals surface area contributed by atoms with Gasteiger partial charge in [-0.1, -0.05) is 11.6 Å². The second kappa shape index (κ2) is 2.47. The number of hydrogen-bond donors (Lipinski definition) is 2. The molecule has 0 fully saturated rings. The molecular formula is C8H5ClN2O2. The van der Waals surface area contributed by atoms with Crippen molar-refractivity contribution in [3.8, 4) is 0 Å². The molecule has 0 spiro atoms. The Morgan fingerprint density at radius 2 is 2.00 bits per heavy atom. The summed E-state index contributed by atoms with van der Waals surface area (Å²) in [5.74, 6) is -1.26. The molecule has 1 amide bonds. The van der Waals surface area contributed by atoms with Crippen molar-refractivity contribution in [2.45, 2.75) is 0 Å². The highest BCUT2D eigenvalue weighted by atomic mass is 35.5. The van der Waals surface area contributed by atoms with Crippen LogP contribution in [-0.4, -0.2) is 11.7 Å². The standard InChI is InChI=1S/C8H5ClN2O2/c9-3-1-4-6(5(10)2-3)11-8(13)7(4)12/h1-2H,10H2,(H,11,12,13). The average molecular weight is 197 g/mol. The summed E-state index contributed by atoms with van der Waals surface area (Å²) in [5, 5.41) is 2.72. The van der Waals surface area contributed by atoms with Gasteiger partial charge in [-0.05, 0) is 12.1 Å². The van der Waals surface area contributed by atoms with Gasteiger partial charge >= 0.3 is 0 Å². The minimum absolute atomic E-state index is 0.245. The maximum atomic E-state index is 11.2. The smallest absolute Gasteiger partial charge is 0.296 e. The van der Waals surface area contributed by atoms with E-state index >= 15 is 0 Å². The van der Waals surface area contributed by atoms with Crippen LogP contribution in [-0.2, 0) is 4.79 Å². The quantitative estimate of drug-likeness (QED) is 0.481. The van der Waals surface area contributed by atoms with Crippen molar-refractivity contribution in [1.29, 1.82) is 0 Å². The van der Waals surface area contributed by atoms with Crippen LogP contribution < -0.4 is 11.1 Å². The van der Waals surface area contributed by atoms with Crippen LogP contribution >= 0.6 is 11.6 Å². The van der Waals surface area contributed by atoms with E-state index in [1.165, 1.54) is 12.1 Å². The number of nitrogens with one attached hydrogen (secondary N) is 1. The number of hydrogen-bond acceptors (Lipinski definition) is 3. The molecule has 0 aliphatic carbocycles. The summed E-state index contributed by atoms with van der Waals surface area (Å²) in [6.45, 7) is 0. The van der Waals surface area contributed by atoms with Gasteiger partial charge in [-0.3, -0.25) is 9.59 Å². The third-order valence-electron chi connectivity index (χ3n) is 1.82. The number of fused-ring (bicyclic) bond motifs is 1. The molecule has 13 heavy (non-hydrogen) atoms. The number of nitrogen functional groups attached to an aromatic ring is 1. The normalized spacial score (nSPS) is 14.2. The lowest BCUT2D eigenvalue weighted by Crippen LogP contribution is -2.12. The number of carbonyl (C=O) groups is 2. The molecular weight excluding hydrogens is 192 g/mol. The Morgan fingerprint density at radius 1 is 1.31 bits per heavy atom. The number of Topliss-reactive ketones (excluding diaryl/α,β-unsaturated/α-hetero) is 1. The van der Waals surface area contributed by atoms with E-state index in [2.05, 4.69) is 5.32 Å². The Balaban J connectivity index is 2.70. The molecule has 0 unspecified atom stereocenters. The van der Waals surface area contributed by atoms with Crippen LogP contribution in [0.1, 0.15) is 10.4 Å². The van der Waals surface area contributed by atoms with Crippen molar-refractivity contribution in [3.63, 3.8) is 0 Å². The zero-order valence-electron chi connectivity index (χ0n) is 6.43. The SMILES string of the molecule is Nc1cc(Cl)cc2c1NC(=O)C2=O. The monoisotopic (exact) mass is 196 g/mol. The highest BCUT2D eigenvalue weighted by Crippen LogP contribution is 2.32. The van der Waals surface area contributed by atoms with Crippen LogP contribution in [0.15, 0.2) is 12.1 Å². The van der Waals surface area contributed by atoms with Gasteiger partial charge in [0.15, 0.2) is 0 Å². The van der Waals surface area contributed by atoms with E-state index in [0.717, 1.165) is 0 Å². The van der Waals surface area contributed by atoms with E-state index in [0.29, 0.717) is 16.4 Å². The molecule has 0 bridgehead atoms. The van der Waals surface area contributed by atoms with Crippen LogP contribution in [0.5, 0.6) is 0 Å². The van der Waals surface area contributed by atoms with E-state index in [-0.39, 0.29) is 5.56 Å². The van der Waals surface area contributed by atoms with Crippen molar-refractivity contribution >= 4 is 34.7 Å². The fourth-order valence-corrected chi connectivity index (χ4v) is 1.47. The van der Waals surface area contributed by atoms with Crippen LogP contribution in [0.2, 0.25) is 5.02 Å². The van der Waals surface area contributed by atoms with Crippen molar-refractivity contribution in [2.24, 2.45) is 0 Å². The highest BCUT2D eigenvalue weighted by Gasteiger charge is 2.29. The molecule has 5 heteroatoms. The van der Waals surface area contributed by atoms with Gasteiger partial charge in [0.1, 0.15) is 0 Å². The van der Waals surface area contributed by atoms with Crippen molar-refractivity contribution in [1.82, 2.24) is 0 Å². The molecule has 1 aromatic carbocycles. The third-order valence-corrected chi connectivity index (χ3v) is 2.04. The molecule has 0 saturated carbocycles. The second-order valence-electron chi connectivity index (χ2n) is 2.70. The predicted molar refractivity (Wildman–Crippen MR) is 48.8 cm³/mol.